The van der Waals surface area contributed by atoms with E-state index in [1.54, 1.807) is 24.3 Å². The molecule has 2 aromatic carbocycles. The Bertz CT molecular complexity index is 1140. The molecule has 0 radical (unpaired) electrons. The van der Waals surface area contributed by atoms with Crippen molar-refractivity contribution in [2.45, 2.75) is 56.6 Å². The molecule has 2 aliphatic rings. The van der Waals surface area contributed by atoms with Gasteiger partial charge in [0.25, 0.3) is 5.91 Å². The summed E-state index contributed by atoms with van der Waals surface area (Å²) in [6, 6.07) is 11.5. The Kier molecular flexibility index (Phi) is 6.09. The molecular formula is C24H30BNO6S. The topological polar surface area (TPSA) is 82.1 Å². The van der Waals surface area contributed by atoms with E-state index in [2.05, 4.69) is 0 Å². The summed E-state index contributed by atoms with van der Waals surface area (Å²) in [4.78, 5) is 15.2. The molecule has 0 bridgehead atoms. The number of likely N-dealkylation sites (tertiary alicyclic amines) is 1. The highest BCUT2D eigenvalue weighted by Crippen LogP contribution is 2.37. The maximum absolute atomic E-state index is 13.2. The lowest BCUT2D eigenvalue weighted by atomic mass is 9.78. The van der Waals surface area contributed by atoms with Gasteiger partial charge in [0.15, 0.2) is 9.84 Å². The van der Waals surface area contributed by atoms with Crippen LogP contribution in [0.5, 0.6) is 11.5 Å². The zero-order valence-electron chi connectivity index (χ0n) is 19.8. The third-order valence-corrected chi connectivity index (χ3v) is 7.71. The SMILES string of the molecule is CC1(C)OB(c2cc(Oc3ccc(S(C)(=O)=O)cc3)cc(C(=O)N3CCCC3)c2)OC1(C)C. The van der Waals surface area contributed by atoms with Crippen LogP contribution in [0.3, 0.4) is 0 Å². The maximum Gasteiger partial charge on any atom is 0.494 e. The molecule has 4 rings (SSSR count). The van der Waals surface area contributed by atoms with Crippen LogP contribution in [0.4, 0.5) is 0 Å². The van der Waals surface area contributed by atoms with Crippen LogP contribution >= 0.6 is 0 Å². The second-order valence-electron chi connectivity index (χ2n) is 9.72. The second kappa shape index (κ2) is 8.45. The van der Waals surface area contributed by atoms with Crippen molar-refractivity contribution in [1.29, 1.82) is 0 Å². The molecule has 1 amide bonds. The van der Waals surface area contributed by atoms with Gasteiger partial charge in [-0.05, 0) is 88.5 Å². The van der Waals surface area contributed by atoms with E-state index >= 15 is 0 Å². The fourth-order valence-corrected chi connectivity index (χ4v) is 4.54. The zero-order valence-corrected chi connectivity index (χ0v) is 20.6. The summed E-state index contributed by atoms with van der Waals surface area (Å²) in [5.41, 5.74) is 0.165. The third-order valence-electron chi connectivity index (χ3n) is 6.58. The van der Waals surface area contributed by atoms with Gasteiger partial charge in [-0.2, -0.15) is 0 Å². The molecule has 2 heterocycles. The quantitative estimate of drug-likeness (QED) is 0.622. The summed E-state index contributed by atoms with van der Waals surface area (Å²) in [5.74, 6) is 0.869. The minimum atomic E-state index is -3.30. The summed E-state index contributed by atoms with van der Waals surface area (Å²) < 4.78 is 41.9. The number of carbonyl (C=O) groups excluding carboxylic acids is 1. The molecule has 0 saturated carbocycles. The number of amides is 1. The van der Waals surface area contributed by atoms with Gasteiger partial charge in [-0.3, -0.25) is 4.79 Å². The molecule has 2 fully saturated rings. The molecule has 0 aliphatic carbocycles. The highest BCUT2D eigenvalue weighted by Gasteiger charge is 2.52. The summed E-state index contributed by atoms with van der Waals surface area (Å²) in [6.45, 7) is 9.39. The first-order valence-corrected chi connectivity index (χ1v) is 13.0. The Hall–Kier alpha value is -2.36. The fourth-order valence-electron chi connectivity index (χ4n) is 3.91. The number of ether oxygens (including phenoxy) is 1. The third kappa shape index (κ3) is 4.95. The van der Waals surface area contributed by atoms with Crippen LogP contribution in [0, 0.1) is 0 Å². The van der Waals surface area contributed by atoms with Crippen molar-refractivity contribution in [3.05, 3.63) is 48.0 Å². The van der Waals surface area contributed by atoms with Gasteiger partial charge in [0, 0.05) is 24.9 Å². The van der Waals surface area contributed by atoms with Crippen molar-refractivity contribution < 1.29 is 27.3 Å². The van der Waals surface area contributed by atoms with E-state index < -0.39 is 28.2 Å². The molecule has 2 aromatic rings. The van der Waals surface area contributed by atoms with Gasteiger partial charge in [0.1, 0.15) is 11.5 Å². The molecule has 2 aliphatic heterocycles. The smallest absolute Gasteiger partial charge is 0.457 e. The first-order valence-electron chi connectivity index (χ1n) is 11.1. The summed E-state index contributed by atoms with van der Waals surface area (Å²) in [7, 11) is -3.94. The van der Waals surface area contributed by atoms with Gasteiger partial charge >= 0.3 is 7.12 Å². The molecule has 0 N–H and O–H groups in total. The average molecular weight is 471 g/mol. The van der Waals surface area contributed by atoms with Crippen LogP contribution in [-0.2, 0) is 19.1 Å². The number of nitrogens with zero attached hydrogens (tertiary/aromatic N) is 1. The highest BCUT2D eigenvalue weighted by atomic mass is 32.2. The van der Waals surface area contributed by atoms with Gasteiger partial charge in [0.2, 0.25) is 0 Å². The molecule has 2 saturated heterocycles. The molecule has 7 nitrogen and oxygen atoms in total. The normalized spacial score (nSPS) is 19.7. The number of carbonyl (C=O) groups is 1. The van der Waals surface area contributed by atoms with E-state index in [1.807, 2.05) is 38.7 Å². The number of sulfone groups is 1. The van der Waals surface area contributed by atoms with Crippen LogP contribution in [0.1, 0.15) is 50.9 Å². The monoisotopic (exact) mass is 471 g/mol. The zero-order chi connectivity index (χ0) is 24.0. The van der Waals surface area contributed by atoms with Crippen molar-refractivity contribution in [2.75, 3.05) is 19.3 Å². The predicted molar refractivity (Wildman–Crippen MR) is 127 cm³/mol. The number of hydrogen-bond acceptors (Lipinski definition) is 6. The standard InChI is InChI=1S/C24H30BNO6S/c1-23(2)24(3,4)32-25(31-23)18-14-17(22(27)26-12-6-7-13-26)15-20(16-18)30-19-8-10-21(11-9-19)33(5,28)29/h8-11,14-16H,6-7,12-13H2,1-5H3. The van der Waals surface area contributed by atoms with E-state index in [4.69, 9.17) is 14.0 Å². The highest BCUT2D eigenvalue weighted by molar-refractivity contribution is 7.90. The van der Waals surface area contributed by atoms with Crippen molar-refractivity contribution in [2.24, 2.45) is 0 Å². The van der Waals surface area contributed by atoms with Crippen molar-refractivity contribution in [3.63, 3.8) is 0 Å². The van der Waals surface area contributed by atoms with Crippen LogP contribution in [0.25, 0.3) is 0 Å². The Morgan fingerprint density at radius 1 is 0.939 bits per heavy atom. The lowest BCUT2D eigenvalue weighted by Crippen LogP contribution is -2.41. The van der Waals surface area contributed by atoms with Crippen molar-refractivity contribution in [1.82, 2.24) is 4.90 Å². The van der Waals surface area contributed by atoms with Crippen LogP contribution in [0.2, 0.25) is 0 Å². The first-order chi connectivity index (χ1) is 15.4. The lowest BCUT2D eigenvalue weighted by Gasteiger charge is -2.32. The van der Waals surface area contributed by atoms with Gasteiger partial charge in [-0.1, -0.05) is 0 Å². The molecule has 176 valence electrons. The van der Waals surface area contributed by atoms with Gasteiger partial charge < -0.3 is 18.9 Å². The molecule has 33 heavy (non-hydrogen) atoms. The van der Waals surface area contributed by atoms with Gasteiger partial charge in [-0.25, -0.2) is 8.42 Å². The summed E-state index contributed by atoms with van der Waals surface area (Å²) >= 11 is 0. The van der Waals surface area contributed by atoms with Crippen LogP contribution < -0.4 is 10.2 Å². The largest absolute Gasteiger partial charge is 0.494 e. The van der Waals surface area contributed by atoms with Crippen LogP contribution in [-0.4, -0.2) is 56.9 Å². The molecule has 9 heteroatoms. The lowest BCUT2D eigenvalue weighted by molar-refractivity contribution is 0.00578. The minimum absolute atomic E-state index is 0.0526. The van der Waals surface area contributed by atoms with E-state index in [0.717, 1.165) is 32.2 Å². The Balaban J connectivity index is 1.68. The number of rotatable bonds is 5. The molecular weight excluding hydrogens is 441 g/mol. The van der Waals surface area contributed by atoms with E-state index in [0.29, 0.717) is 22.5 Å². The Morgan fingerprint density at radius 2 is 1.52 bits per heavy atom. The minimum Gasteiger partial charge on any atom is -0.457 e. The maximum atomic E-state index is 13.2. The number of hydrogen-bond donors (Lipinski definition) is 0. The summed E-state index contributed by atoms with van der Waals surface area (Å²) in [5, 5.41) is 0. The molecule has 0 atom stereocenters. The van der Waals surface area contributed by atoms with Crippen molar-refractivity contribution >= 4 is 28.3 Å². The van der Waals surface area contributed by atoms with E-state index in [-0.39, 0.29) is 10.8 Å². The first kappa shape index (κ1) is 23.8. The Labute approximate surface area is 196 Å². The van der Waals surface area contributed by atoms with E-state index in [9.17, 15) is 13.2 Å². The fraction of sp³-hybridized carbons (Fsp3) is 0.458. The Morgan fingerprint density at radius 3 is 2.06 bits per heavy atom. The van der Waals surface area contributed by atoms with Crippen LogP contribution in [0.15, 0.2) is 47.4 Å². The van der Waals surface area contributed by atoms with E-state index in [1.165, 1.54) is 12.1 Å². The molecule has 0 aromatic heterocycles. The van der Waals surface area contributed by atoms with Crippen molar-refractivity contribution in [3.8, 4) is 11.5 Å². The molecule has 0 unspecified atom stereocenters. The predicted octanol–water partition coefficient (Wildman–Crippen LogP) is 3.42. The molecule has 0 spiro atoms. The average Bonchev–Trinajstić information content (AvgIpc) is 3.33. The van der Waals surface area contributed by atoms with Gasteiger partial charge in [-0.15, -0.1) is 0 Å². The van der Waals surface area contributed by atoms with Gasteiger partial charge in [0.05, 0.1) is 16.1 Å². The number of benzene rings is 2. The summed E-state index contributed by atoms with van der Waals surface area (Å²) in [6.07, 6.45) is 3.16. The second-order valence-corrected chi connectivity index (χ2v) is 11.7.